The lowest BCUT2D eigenvalue weighted by Gasteiger charge is -2.05. The maximum absolute atomic E-state index is 4.35. The fourth-order valence-electron chi connectivity index (χ4n) is 1.50. The van der Waals surface area contributed by atoms with Gasteiger partial charge in [0.15, 0.2) is 0 Å². The lowest BCUT2D eigenvalue weighted by atomic mass is 10.1. The Morgan fingerprint density at radius 1 is 1.50 bits per heavy atom. The molecular formula is C10H14N2. The van der Waals surface area contributed by atoms with Gasteiger partial charge in [0.25, 0.3) is 0 Å². The van der Waals surface area contributed by atoms with Gasteiger partial charge in [0, 0.05) is 13.2 Å². The lowest BCUT2D eigenvalue weighted by molar-refractivity contribution is 1.08. The summed E-state index contributed by atoms with van der Waals surface area (Å²) in [6, 6.07) is 2.25. The zero-order chi connectivity index (χ0) is 8.55. The van der Waals surface area contributed by atoms with E-state index in [1.807, 2.05) is 13.2 Å². The van der Waals surface area contributed by atoms with Crippen molar-refractivity contribution < 1.29 is 0 Å². The highest BCUT2D eigenvalue weighted by Crippen LogP contribution is 2.40. The van der Waals surface area contributed by atoms with Crippen molar-refractivity contribution in [2.24, 2.45) is 0 Å². The molecule has 0 atom stereocenters. The highest BCUT2D eigenvalue weighted by Gasteiger charge is 2.23. The van der Waals surface area contributed by atoms with Gasteiger partial charge >= 0.3 is 0 Å². The van der Waals surface area contributed by atoms with E-state index in [2.05, 4.69) is 23.3 Å². The Hall–Kier alpha value is -1.05. The summed E-state index contributed by atoms with van der Waals surface area (Å²) in [5.41, 5.74) is 2.66. The molecule has 0 aromatic carbocycles. The predicted octanol–water partition coefficient (Wildman–Crippen LogP) is 2.31. The van der Waals surface area contributed by atoms with Crippen LogP contribution in [-0.4, -0.2) is 12.0 Å². The normalized spacial score (nSPS) is 16.2. The summed E-state index contributed by atoms with van der Waals surface area (Å²) in [5, 5.41) is 3.07. The van der Waals surface area contributed by atoms with Crippen LogP contribution in [0.2, 0.25) is 0 Å². The van der Waals surface area contributed by atoms with Crippen LogP contribution in [0.5, 0.6) is 0 Å². The van der Waals surface area contributed by atoms with E-state index in [1.165, 1.54) is 24.0 Å². The molecule has 1 saturated carbocycles. The summed E-state index contributed by atoms with van der Waals surface area (Å²) in [5.74, 6) is 1.81. The van der Waals surface area contributed by atoms with Crippen molar-refractivity contribution in [2.45, 2.75) is 25.7 Å². The molecule has 2 rings (SSSR count). The second kappa shape index (κ2) is 2.77. The summed E-state index contributed by atoms with van der Waals surface area (Å²) in [7, 11) is 1.91. The van der Waals surface area contributed by atoms with Crippen molar-refractivity contribution in [3.8, 4) is 0 Å². The Bertz CT molecular complexity index is 290. The smallest absolute Gasteiger partial charge is 0.128 e. The minimum absolute atomic E-state index is 0.808. The van der Waals surface area contributed by atoms with Gasteiger partial charge in [0.1, 0.15) is 5.82 Å². The molecule has 1 aliphatic carbocycles. The third kappa shape index (κ3) is 1.29. The van der Waals surface area contributed by atoms with Crippen molar-refractivity contribution in [1.29, 1.82) is 0 Å². The highest BCUT2D eigenvalue weighted by atomic mass is 15.0. The molecule has 1 N–H and O–H groups in total. The Kier molecular flexibility index (Phi) is 1.75. The third-order valence-corrected chi connectivity index (χ3v) is 2.38. The molecule has 0 unspecified atom stereocenters. The van der Waals surface area contributed by atoms with E-state index >= 15 is 0 Å². The average Bonchev–Trinajstić information content (AvgIpc) is 2.86. The number of anilines is 1. The highest BCUT2D eigenvalue weighted by molar-refractivity contribution is 5.44. The standard InChI is InChI=1S/C10H14N2/c1-7-5-9(8-3-4-8)6-12-10(7)11-2/h5-6,8H,3-4H2,1-2H3,(H,11,12). The summed E-state index contributed by atoms with van der Waals surface area (Å²) in [6.07, 6.45) is 4.69. The zero-order valence-corrected chi connectivity index (χ0v) is 7.59. The predicted molar refractivity (Wildman–Crippen MR) is 50.5 cm³/mol. The number of nitrogens with one attached hydrogen (secondary N) is 1. The molecule has 2 heteroatoms. The Labute approximate surface area is 73.0 Å². The zero-order valence-electron chi connectivity index (χ0n) is 7.59. The molecule has 0 radical (unpaired) electrons. The fourth-order valence-corrected chi connectivity index (χ4v) is 1.50. The first-order valence-electron chi connectivity index (χ1n) is 4.45. The maximum Gasteiger partial charge on any atom is 0.128 e. The van der Waals surface area contributed by atoms with E-state index in [4.69, 9.17) is 0 Å². The van der Waals surface area contributed by atoms with E-state index < -0.39 is 0 Å². The van der Waals surface area contributed by atoms with Crippen LogP contribution in [0.3, 0.4) is 0 Å². The average molecular weight is 162 g/mol. The van der Waals surface area contributed by atoms with Gasteiger partial charge in [-0.25, -0.2) is 4.98 Å². The Morgan fingerprint density at radius 3 is 2.75 bits per heavy atom. The van der Waals surface area contributed by atoms with Crippen molar-refractivity contribution >= 4 is 5.82 Å². The molecule has 12 heavy (non-hydrogen) atoms. The number of aryl methyl sites for hydroxylation is 1. The van der Waals surface area contributed by atoms with Crippen LogP contribution in [0.4, 0.5) is 5.82 Å². The number of pyridine rings is 1. The molecule has 64 valence electrons. The SMILES string of the molecule is CNc1ncc(C2CC2)cc1C. The minimum Gasteiger partial charge on any atom is -0.373 e. The Morgan fingerprint density at radius 2 is 2.25 bits per heavy atom. The van der Waals surface area contributed by atoms with E-state index in [1.54, 1.807) is 0 Å². The minimum atomic E-state index is 0.808. The van der Waals surface area contributed by atoms with Gasteiger partial charge in [-0.1, -0.05) is 6.07 Å². The van der Waals surface area contributed by atoms with Crippen LogP contribution < -0.4 is 5.32 Å². The largest absolute Gasteiger partial charge is 0.373 e. The number of aromatic nitrogens is 1. The fraction of sp³-hybridized carbons (Fsp3) is 0.500. The summed E-state index contributed by atoms with van der Waals surface area (Å²) < 4.78 is 0. The van der Waals surface area contributed by atoms with Crippen molar-refractivity contribution in [1.82, 2.24) is 4.98 Å². The number of rotatable bonds is 2. The first-order chi connectivity index (χ1) is 5.81. The van der Waals surface area contributed by atoms with Crippen molar-refractivity contribution in [3.63, 3.8) is 0 Å². The van der Waals surface area contributed by atoms with Gasteiger partial charge in [0.05, 0.1) is 0 Å². The molecule has 1 fully saturated rings. The molecule has 1 aromatic heterocycles. The monoisotopic (exact) mass is 162 g/mol. The van der Waals surface area contributed by atoms with Gasteiger partial charge < -0.3 is 5.32 Å². The van der Waals surface area contributed by atoms with Crippen LogP contribution in [0, 0.1) is 6.92 Å². The van der Waals surface area contributed by atoms with E-state index in [0.29, 0.717) is 0 Å². The topological polar surface area (TPSA) is 24.9 Å². The molecule has 1 heterocycles. The molecular weight excluding hydrogens is 148 g/mol. The summed E-state index contributed by atoms with van der Waals surface area (Å²) in [6.45, 7) is 2.10. The second-order valence-electron chi connectivity index (χ2n) is 3.46. The number of nitrogens with zero attached hydrogens (tertiary/aromatic N) is 1. The quantitative estimate of drug-likeness (QED) is 0.721. The van der Waals surface area contributed by atoms with E-state index in [-0.39, 0.29) is 0 Å². The van der Waals surface area contributed by atoms with Crippen LogP contribution in [0.1, 0.15) is 29.9 Å². The molecule has 0 saturated heterocycles. The van der Waals surface area contributed by atoms with Gasteiger partial charge in [-0.3, -0.25) is 0 Å². The maximum atomic E-state index is 4.35. The first kappa shape index (κ1) is 7.59. The van der Waals surface area contributed by atoms with Gasteiger partial charge in [-0.05, 0) is 36.8 Å². The Balaban J connectivity index is 2.30. The molecule has 1 aliphatic rings. The van der Waals surface area contributed by atoms with Gasteiger partial charge in [0.2, 0.25) is 0 Å². The number of hydrogen-bond acceptors (Lipinski definition) is 2. The molecule has 0 bridgehead atoms. The second-order valence-corrected chi connectivity index (χ2v) is 3.46. The van der Waals surface area contributed by atoms with Gasteiger partial charge in [-0.15, -0.1) is 0 Å². The van der Waals surface area contributed by atoms with Crippen LogP contribution >= 0.6 is 0 Å². The first-order valence-corrected chi connectivity index (χ1v) is 4.45. The summed E-state index contributed by atoms with van der Waals surface area (Å²) in [4.78, 5) is 4.35. The molecule has 0 spiro atoms. The van der Waals surface area contributed by atoms with Crippen LogP contribution in [0.25, 0.3) is 0 Å². The summed E-state index contributed by atoms with van der Waals surface area (Å²) >= 11 is 0. The van der Waals surface area contributed by atoms with E-state index in [0.717, 1.165) is 11.7 Å². The van der Waals surface area contributed by atoms with Crippen LogP contribution in [-0.2, 0) is 0 Å². The molecule has 0 aliphatic heterocycles. The van der Waals surface area contributed by atoms with Crippen LogP contribution in [0.15, 0.2) is 12.3 Å². The lowest BCUT2D eigenvalue weighted by Crippen LogP contribution is -1.96. The molecule has 0 amide bonds. The van der Waals surface area contributed by atoms with E-state index in [9.17, 15) is 0 Å². The van der Waals surface area contributed by atoms with Crippen molar-refractivity contribution in [3.05, 3.63) is 23.4 Å². The molecule has 1 aromatic rings. The van der Waals surface area contributed by atoms with Crippen molar-refractivity contribution in [2.75, 3.05) is 12.4 Å². The molecule has 2 nitrogen and oxygen atoms in total. The number of hydrogen-bond donors (Lipinski definition) is 1. The van der Waals surface area contributed by atoms with Gasteiger partial charge in [-0.2, -0.15) is 0 Å². The third-order valence-electron chi connectivity index (χ3n) is 2.38.